The second kappa shape index (κ2) is 5.06. The monoisotopic (exact) mass is 259 g/mol. The van der Waals surface area contributed by atoms with Crippen molar-refractivity contribution in [3.8, 4) is 0 Å². The highest BCUT2D eigenvalue weighted by Crippen LogP contribution is 2.19. The van der Waals surface area contributed by atoms with Crippen LogP contribution in [0.2, 0.25) is 0 Å². The van der Waals surface area contributed by atoms with E-state index >= 15 is 0 Å². The number of aromatic nitrogens is 1. The van der Waals surface area contributed by atoms with Gasteiger partial charge in [0.05, 0.1) is 17.4 Å². The topological polar surface area (TPSA) is 68.0 Å². The smallest absolute Gasteiger partial charge is 0.258 e. The average molecular weight is 259 g/mol. The number of anilines is 2. The van der Waals surface area contributed by atoms with E-state index in [-0.39, 0.29) is 5.56 Å². The van der Waals surface area contributed by atoms with Gasteiger partial charge in [-0.15, -0.1) is 0 Å². The Morgan fingerprint density at radius 1 is 1.32 bits per heavy atom. The first kappa shape index (κ1) is 13.0. The van der Waals surface area contributed by atoms with Crippen molar-refractivity contribution >= 4 is 17.3 Å². The van der Waals surface area contributed by atoms with Crippen LogP contribution >= 0.6 is 0 Å². The molecule has 0 aliphatic carbocycles. The van der Waals surface area contributed by atoms with Crippen LogP contribution in [-0.2, 0) is 0 Å². The standard InChI is InChI=1S/C14H14FN3O/c1-8-3-4-17-7-12(8)18-14(19)11-6-10(16)5-9(2)13(11)15/h3-7H,16H2,1-2H3,(H,18,19). The lowest BCUT2D eigenvalue weighted by molar-refractivity contribution is 0.102. The Balaban J connectivity index is 2.33. The van der Waals surface area contributed by atoms with Crippen LogP contribution in [0.1, 0.15) is 21.5 Å². The first-order valence-electron chi connectivity index (χ1n) is 5.76. The molecule has 0 atom stereocenters. The van der Waals surface area contributed by atoms with Crippen molar-refractivity contribution < 1.29 is 9.18 Å². The predicted molar refractivity (Wildman–Crippen MR) is 72.5 cm³/mol. The van der Waals surface area contributed by atoms with Gasteiger partial charge in [0.1, 0.15) is 5.82 Å². The quantitative estimate of drug-likeness (QED) is 0.815. The summed E-state index contributed by atoms with van der Waals surface area (Å²) in [5, 5.41) is 2.62. The Hall–Kier alpha value is -2.43. The largest absolute Gasteiger partial charge is 0.399 e. The molecule has 0 spiro atoms. The third kappa shape index (κ3) is 2.70. The van der Waals surface area contributed by atoms with Gasteiger partial charge >= 0.3 is 0 Å². The van der Waals surface area contributed by atoms with E-state index in [1.54, 1.807) is 19.2 Å². The average Bonchev–Trinajstić information content (AvgIpc) is 2.36. The Morgan fingerprint density at radius 3 is 2.74 bits per heavy atom. The maximum Gasteiger partial charge on any atom is 0.258 e. The first-order valence-corrected chi connectivity index (χ1v) is 5.76. The molecule has 0 aliphatic rings. The molecule has 0 saturated carbocycles. The number of nitrogens with zero attached hydrogens (tertiary/aromatic N) is 1. The summed E-state index contributed by atoms with van der Waals surface area (Å²) in [6, 6.07) is 4.57. The molecule has 4 nitrogen and oxygen atoms in total. The molecule has 19 heavy (non-hydrogen) atoms. The van der Waals surface area contributed by atoms with Gasteiger partial charge in [-0.05, 0) is 43.2 Å². The summed E-state index contributed by atoms with van der Waals surface area (Å²) in [6.45, 7) is 3.40. The lowest BCUT2D eigenvalue weighted by Crippen LogP contribution is -2.15. The zero-order valence-corrected chi connectivity index (χ0v) is 10.7. The second-order valence-corrected chi connectivity index (χ2v) is 4.34. The number of nitrogens with one attached hydrogen (secondary N) is 1. The third-order valence-electron chi connectivity index (χ3n) is 2.81. The fourth-order valence-electron chi connectivity index (χ4n) is 1.75. The number of benzene rings is 1. The molecule has 0 saturated heterocycles. The highest BCUT2D eigenvalue weighted by Gasteiger charge is 2.15. The molecular weight excluding hydrogens is 245 g/mol. The minimum absolute atomic E-state index is 0.0687. The second-order valence-electron chi connectivity index (χ2n) is 4.34. The molecule has 0 fully saturated rings. The third-order valence-corrected chi connectivity index (χ3v) is 2.81. The first-order chi connectivity index (χ1) is 8.99. The van der Waals surface area contributed by atoms with Crippen LogP contribution in [0.3, 0.4) is 0 Å². The summed E-state index contributed by atoms with van der Waals surface area (Å²) < 4.78 is 13.9. The number of aryl methyl sites for hydroxylation is 2. The van der Waals surface area contributed by atoms with Crippen molar-refractivity contribution in [2.75, 3.05) is 11.1 Å². The zero-order valence-electron chi connectivity index (χ0n) is 10.7. The number of pyridine rings is 1. The van der Waals surface area contributed by atoms with Crippen LogP contribution in [0.25, 0.3) is 0 Å². The van der Waals surface area contributed by atoms with Crippen molar-refractivity contribution in [2.24, 2.45) is 0 Å². The Bertz CT molecular complexity index is 641. The van der Waals surface area contributed by atoms with Crippen LogP contribution < -0.4 is 11.1 Å². The maximum absolute atomic E-state index is 13.9. The number of nitrogen functional groups attached to an aromatic ring is 1. The lowest BCUT2D eigenvalue weighted by Gasteiger charge is -2.10. The lowest BCUT2D eigenvalue weighted by atomic mass is 10.1. The molecular formula is C14H14FN3O. The molecule has 1 aromatic carbocycles. The maximum atomic E-state index is 13.9. The van der Waals surface area contributed by atoms with Crippen LogP contribution in [0.15, 0.2) is 30.6 Å². The van der Waals surface area contributed by atoms with E-state index in [0.717, 1.165) is 5.56 Å². The Morgan fingerprint density at radius 2 is 2.05 bits per heavy atom. The molecule has 1 amide bonds. The highest BCUT2D eigenvalue weighted by molar-refractivity contribution is 6.05. The van der Waals surface area contributed by atoms with Gasteiger partial charge in [0.15, 0.2) is 0 Å². The van der Waals surface area contributed by atoms with Gasteiger partial charge in [-0.1, -0.05) is 0 Å². The normalized spacial score (nSPS) is 10.3. The SMILES string of the molecule is Cc1ccncc1NC(=O)c1cc(N)cc(C)c1F. The molecule has 2 rings (SSSR count). The van der Waals surface area contributed by atoms with Gasteiger partial charge in [-0.3, -0.25) is 9.78 Å². The zero-order chi connectivity index (χ0) is 14.0. The molecule has 0 unspecified atom stereocenters. The van der Waals surface area contributed by atoms with Gasteiger partial charge in [0.25, 0.3) is 5.91 Å². The molecule has 98 valence electrons. The summed E-state index contributed by atoms with van der Waals surface area (Å²) in [6.07, 6.45) is 3.14. The van der Waals surface area contributed by atoms with Gasteiger partial charge in [-0.25, -0.2) is 4.39 Å². The number of hydrogen-bond donors (Lipinski definition) is 2. The van der Waals surface area contributed by atoms with E-state index < -0.39 is 11.7 Å². The molecule has 2 aromatic rings. The van der Waals surface area contributed by atoms with Gasteiger partial charge < -0.3 is 11.1 Å². The van der Waals surface area contributed by atoms with E-state index in [2.05, 4.69) is 10.3 Å². The molecule has 0 radical (unpaired) electrons. The number of carbonyl (C=O) groups is 1. The number of nitrogens with two attached hydrogens (primary N) is 1. The number of hydrogen-bond acceptors (Lipinski definition) is 3. The van der Waals surface area contributed by atoms with E-state index in [0.29, 0.717) is 16.9 Å². The van der Waals surface area contributed by atoms with E-state index in [1.165, 1.54) is 18.3 Å². The minimum atomic E-state index is -0.562. The molecule has 1 heterocycles. The summed E-state index contributed by atoms with van der Waals surface area (Å²) >= 11 is 0. The predicted octanol–water partition coefficient (Wildman–Crippen LogP) is 2.67. The van der Waals surface area contributed by atoms with E-state index in [1.807, 2.05) is 6.92 Å². The fourth-order valence-corrected chi connectivity index (χ4v) is 1.75. The van der Waals surface area contributed by atoms with Crippen molar-refractivity contribution in [1.29, 1.82) is 0 Å². The number of halogens is 1. The molecule has 0 bridgehead atoms. The molecule has 1 aromatic heterocycles. The van der Waals surface area contributed by atoms with Gasteiger partial charge in [-0.2, -0.15) is 0 Å². The van der Waals surface area contributed by atoms with Gasteiger partial charge in [0.2, 0.25) is 0 Å². The summed E-state index contributed by atoms with van der Waals surface area (Å²) in [5.74, 6) is -1.10. The van der Waals surface area contributed by atoms with Gasteiger partial charge in [0, 0.05) is 11.9 Å². The van der Waals surface area contributed by atoms with Crippen molar-refractivity contribution in [3.05, 3.63) is 53.1 Å². The molecule has 0 aliphatic heterocycles. The highest BCUT2D eigenvalue weighted by atomic mass is 19.1. The minimum Gasteiger partial charge on any atom is -0.399 e. The van der Waals surface area contributed by atoms with Crippen LogP contribution in [0.4, 0.5) is 15.8 Å². The van der Waals surface area contributed by atoms with Crippen LogP contribution in [0, 0.1) is 19.7 Å². The number of carbonyl (C=O) groups excluding carboxylic acids is 1. The Kier molecular flexibility index (Phi) is 3.46. The molecule has 3 N–H and O–H groups in total. The van der Waals surface area contributed by atoms with Crippen molar-refractivity contribution in [1.82, 2.24) is 4.98 Å². The van der Waals surface area contributed by atoms with Crippen molar-refractivity contribution in [3.63, 3.8) is 0 Å². The fraction of sp³-hybridized carbons (Fsp3) is 0.143. The van der Waals surface area contributed by atoms with E-state index in [4.69, 9.17) is 5.73 Å². The summed E-state index contributed by atoms with van der Waals surface area (Å²) in [5.41, 5.74) is 7.66. The Labute approximate surface area is 110 Å². The number of amides is 1. The summed E-state index contributed by atoms with van der Waals surface area (Å²) in [7, 11) is 0. The number of rotatable bonds is 2. The van der Waals surface area contributed by atoms with E-state index in [9.17, 15) is 9.18 Å². The van der Waals surface area contributed by atoms with Crippen LogP contribution in [0.5, 0.6) is 0 Å². The van der Waals surface area contributed by atoms with Crippen LogP contribution in [-0.4, -0.2) is 10.9 Å². The van der Waals surface area contributed by atoms with Crippen molar-refractivity contribution in [2.45, 2.75) is 13.8 Å². The molecule has 5 heteroatoms. The summed E-state index contributed by atoms with van der Waals surface area (Å²) in [4.78, 5) is 16.0.